The molecule has 0 saturated carbocycles. The third-order valence-electron chi connectivity index (χ3n) is 16.6. The molecule has 0 N–H and O–H groups in total. The molecule has 6 heteroatoms. The fourth-order valence-corrected chi connectivity index (χ4v) is 13.5. The predicted octanol–water partition coefficient (Wildman–Crippen LogP) is 19.7. The van der Waals surface area contributed by atoms with Crippen molar-refractivity contribution < 1.29 is 8.83 Å². The van der Waals surface area contributed by atoms with E-state index >= 15 is 0 Å². The molecule has 2 spiro atoms. The Labute approximate surface area is 467 Å². The molecular formula is C74H56N4O2. The maximum absolute atomic E-state index is 8.24. The van der Waals surface area contributed by atoms with Crippen LogP contribution in [0, 0.1) is 27.7 Å². The highest BCUT2D eigenvalue weighted by molar-refractivity contribution is 5.96. The number of rotatable bonds is 8. The van der Waals surface area contributed by atoms with E-state index in [9.17, 15) is 0 Å². The Kier molecular flexibility index (Phi) is 10.8. The van der Waals surface area contributed by atoms with E-state index in [0.29, 0.717) is 11.8 Å². The van der Waals surface area contributed by atoms with Gasteiger partial charge in [-0.1, -0.05) is 158 Å². The minimum absolute atomic E-state index is 0.692. The van der Waals surface area contributed by atoms with Gasteiger partial charge in [0.15, 0.2) is 0 Å². The lowest BCUT2D eigenvalue weighted by Crippen LogP contribution is -2.48. The van der Waals surface area contributed by atoms with Crippen LogP contribution < -0.4 is 19.6 Å². The van der Waals surface area contributed by atoms with Gasteiger partial charge in [0.05, 0.1) is 22.7 Å². The van der Waals surface area contributed by atoms with Crippen molar-refractivity contribution in [3.05, 3.63) is 334 Å². The first-order chi connectivity index (χ1) is 39.3. The van der Waals surface area contributed by atoms with E-state index in [1.165, 1.54) is 0 Å². The van der Waals surface area contributed by atoms with Gasteiger partial charge in [0, 0.05) is 57.4 Å². The number of para-hydroxylation sites is 6. The van der Waals surface area contributed by atoms with Crippen LogP contribution in [0.3, 0.4) is 0 Å². The van der Waals surface area contributed by atoms with Crippen LogP contribution >= 0.6 is 0 Å². The van der Waals surface area contributed by atoms with Gasteiger partial charge < -0.3 is 18.6 Å². The molecule has 4 heterocycles. The monoisotopic (exact) mass is 1030 g/mol. The van der Waals surface area contributed by atoms with Crippen LogP contribution in [0.4, 0.5) is 68.6 Å². The van der Waals surface area contributed by atoms with Crippen LogP contribution in [0.5, 0.6) is 0 Å². The van der Waals surface area contributed by atoms with Crippen molar-refractivity contribution in [3.8, 4) is 0 Å². The maximum atomic E-state index is 8.24. The number of hydrogen-bond acceptors (Lipinski definition) is 6. The molecule has 3 aliphatic rings. The summed E-state index contributed by atoms with van der Waals surface area (Å²) in [6.07, 6.45) is 0. The van der Waals surface area contributed by atoms with E-state index < -0.39 is 10.8 Å². The molecular weight excluding hydrogens is 977 g/mol. The fraction of sp³-hybridized carbons (Fsp3) is 0.0811. The van der Waals surface area contributed by atoms with Gasteiger partial charge in [0.1, 0.15) is 22.4 Å². The first-order valence-corrected chi connectivity index (χ1v) is 27.6. The number of aryl methyl sites for hydroxylation is 4. The summed E-state index contributed by atoms with van der Waals surface area (Å²) in [6, 6.07) is 96.9. The van der Waals surface area contributed by atoms with Crippen LogP contribution in [0.15, 0.2) is 276 Å². The number of benzene rings is 10. The van der Waals surface area contributed by atoms with E-state index in [0.717, 1.165) is 124 Å². The molecule has 0 unspecified atom stereocenters. The smallest absolute Gasteiger partial charge is 0.205 e. The Hall–Kier alpha value is -10.0. The Balaban J connectivity index is 1.15. The lowest BCUT2D eigenvalue weighted by molar-refractivity contribution is 0.398. The molecule has 0 amide bonds. The molecule has 0 atom stereocenters. The topological polar surface area (TPSA) is 39.2 Å². The highest BCUT2D eigenvalue weighted by atomic mass is 16.4. The highest BCUT2D eigenvalue weighted by Gasteiger charge is 2.64. The summed E-state index contributed by atoms with van der Waals surface area (Å²) in [5.74, 6) is 3.02. The Morgan fingerprint density at radius 1 is 0.275 bits per heavy atom. The normalized spacial score (nSPS) is 13.9. The lowest BCUT2D eigenvalue weighted by atomic mass is 9.53. The Morgan fingerprint density at radius 3 is 0.838 bits per heavy atom. The minimum Gasteiger partial charge on any atom is -0.443 e. The number of anilines is 12. The molecule has 2 aliphatic heterocycles. The van der Waals surface area contributed by atoms with Gasteiger partial charge in [-0.3, -0.25) is 9.80 Å². The van der Waals surface area contributed by atoms with Crippen LogP contribution in [-0.4, -0.2) is 0 Å². The van der Waals surface area contributed by atoms with Gasteiger partial charge in [-0.15, -0.1) is 0 Å². The summed E-state index contributed by atoms with van der Waals surface area (Å²) >= 11 is 0. The average Bonchev–Trinajstić information content (AvgIpc) is 3.80. The van der Waals surface area contributed by atoms with Crippen LogP contribution in [-0.2, 0) is 10.8 Å². The molecule has 2 aromatic heterocycles. The number of nitrogens with zero attached hydrogens (tertiary/aromatic N) is 4. The van der Waals surface area contributed by atoms with Crippen molar-refractivity contribution >= 4 is 68.6 Å². The van der Waals surface area contributed by atoms with E-state index in [2.05, 4.69) is 314 Å². The molecule has 0 saturated heterocycles. The van der Waals surface area contributed by atoms with E-state index in [4.69, 9.17) is 8.83 Å². The zero-order valence-corrected chi connectivity index (χ0v) is 45.0. The van der Waals surface area contributed by atoms with Crippen molar-refractivity contribution in [2.75, 3.05) is 19.6 Å². The minimum atomic E-state index is -1.11. The molecule has 1 aliphatic carbocycles. The number of hydrogen-bond donors (Lipinski definition) is 0. The molecule has 15 rings (SSSR count). The van der Waals surface area contributed by atoms with E-state index in [1.807, 2.05) is 0 Å². The fourth-order valence-electron chi connectivity index (χ4n) is 13.5. The standard InChI is InChI=1S/C74H56N4O2/c1-49-23-19-31-55(43-49)75(56-32-20-24-50(2)44-56)69-47-63-71(79-69)74(61-37-13-17-41-67(61)78(54-29-9-6-10-30-54)68-42-18-14-38-62(68)74)64-48-70(76(57-33-21-25-51(3)45-57)58-34-22-26-52(4)46-58)80-72(64)73(63)59-35-11-15-39-65(59)77(53-27-7-5-8-28-53)66-40-16-12-36-60(66)73/h5-48H,1-4H3. The van der Waals surface area contributed by atoms with Crippen molar-refractivity contribution in [3.63, 3.8) is 0 Å². The van der Waals surface area contributed by atoms with Gasteiger partial charge in [-0.25, -0.2) is 0 Å². The molecule has 0 fully saturated rings. The van der Waals surface area contributed by atoms with E-state index in [1.54, 1.807) is 0 Å². The summed E-state index contributed by atoms with van der Waals surface area (Å²) in [5.41, 5.74) is 19.0. The lowest BCUT2D eigenvalue weighted by Gasteiger charge is -2.51. The summed E-state index contributed by atoms with van der Waals surface area (Å²) in [7, 11) is 0. The second kappa shape index (κ2) is 18.3. The molecule has 10 aromatic carbocycles. The second-order valence-electron chi connectivity index (χ2n) is 21.6. The Morgan fingerprint density at radius 2 is 0.550 bits per heavy atom. The van der Waals surface area contributed by atoms with Crippen LogP contribution in [0.25, 0.3) is 0 Å². The molecule has 0 radical (unpaired) electrons. The summed E-state index contributed by atoms with van der Waals surface area (Å²) in [4.78, 5) is 9.45. The largest absolute Gasteiger partial charge is 0.443 e. The van der Waals surface area contributed by atoms with Crippen LogP contribution in [0.1, 0.15) is 67.2 Å². The zero-order chi connectivity index (χ0) is 53.7. The van der Waals surface area contributed by atoms with Gasteiger partial charge in [-0.2, -0.15) is 0 Å². The number of furan rings is 2. The quantitative estimate of drug-likeness (QED) is 0.151. The van der Waals surface area contributed by atoms with Crippen molar-refractivity contribution in [2.45, 2.75) is 38.5 Å². The molecule has 384 valence electrons. The van der Waals surface area contributed by atoms with Gasteiger partial charge in [-0.05, 0) is 169 Å². The van der Waals surface area contributed by atoms with Crippen LogP contribution in [0.2, 0.25) is 0 Å². The highest BCUT2D eigenvalue weighted by Crippen LogP contribution is 2.70. The second-order valence-corrected chi connectivity index (χ2v) is 21.6. The summed E-state index contributed by atoms with van der Waals surface area (Å²) in [5, 5.41) is 0. The third-order valence-corrected chi connectivity index (χ3v) is 16.6. The predicted molar refractivity (Wildman–Crippen MR) is 326 cm³/mol. The molecule has 80 heavy (non-hydrogen) atoms. The maximum Gasteiger partial charge on any atom is 0.205 e. The van der Waals surface area contributed by atoms with Gasteiger partial charge in [0.2, 0.25) is 11.8 Å². The van der Waals surface area contributed by atoms with E-state index in [-0.39, 0.29) is 0 Å². The van der Waals surface area contributed by atoms with Crippen molar-refractivity contribution in [2.24, 2.45) is 0 Å². The number of fused-ring (bicyclic) bond motifs is 14. The van der Waals surface area contributed by atoms with Gasteiger partial charge >= 0.3 is 0 Å². The van der Waals surface area contributed by atoms with Crippen molar-refractivity contribution in [1.29, 1.82) is 0 Å². The summed E-state index contributed by atoms with van der Waals surface area (Å²) < 4.78 is 16.5. The molecule has 6 nitrogen and oxygen atoms in total. The molecule has 12 aromatic rings. The van der Waals surface area contributed by atoms with Gasteiger partial charge in [0.25, 0.3) is 0 Å². The first-order valence-electron chi connectivity index (χ1n) is 27.6. The SMILES string of the molecule is Cc1cccc(N(c2cccc(C)c2)c2cc3c(o2)C2(c4ccccc4N(c4ccccc4)c4ccccc42)c2cc(N(c4cccc(C)c4)c4cccc(C)c4)oc2C32c3ccccc3N(c3ccccc3)c3ccccc32)c1. The average molecular weight is 1030 g/mol. The third kappa shape index (κ3) is 6.91. The Bertz CT molecular complexity index is 3850. The first kappa shape index (κ1) is 47.2. The van der Waals surface area contributed by atoms with Crippen molar-refractivity contribution in [1.82, 2.24) is 0 Å². The zero-order valence-electron chi connectivity index (χ0n) is 45.0. The summed E-state index contributed by atoms with van der Waals surface area (Å²) in [6.45, 7) is 8.63. The molecule has 0 bridgehead atoms.